The Kier molecular flexibility index (Phi) is 7.58. The van der Waals surface area contributed by atoms with Gasteiger partial charge in [-0.3, -0.25) is 0 Å². The molecule has 0 saturated carbocycles. The first kappa shape index (κ1) is 17.3. The van der Waals surface area contributed by atoms with Crippen LogP contribution in [0.25, 0.3) is 0 Å². The van der Waals surface area contributed by atoms with Gasteiger partial charge in [0.15, 0.2) is 11.6 Å². The Morgan fingerprint density at radius 3 is 2.71 bits per heavy atom. The Bertz CT molecular complexity index is 452. The number of ether oxygens (including phenoxy) is 1. The summed E-state index contributed by atoms with van der Waals surface area (Å²) in [6.45, 7) is 3.20. The summed E-state index contributed by atoms with van der Waals surface area (Å²) in [6.07, 6.45) is 4.49. The third-order valence-corrected chi connectivity index (χ3v) is 3.29. The molecule has 0 spiro atoms. The minimum absolute atomic E-state index is 0.136. The molecule has 0 aliphatic carbocycles. The van der Waals surface area contributed by atoms with Gasteiger partial charge >= 0.3 is 6.03 Å². The summed E-state index contributed by atoms with van der Waals surface area (Å²) in [5.41, 5.74) is 0.733. The molecule has 1 N–H and O–H groups in total. The molecule has 0 aliphatic heterocycles. The van der Waals surface area contributed by atoms with Crippen LogP contribution in [0.3, 0.4) is 0 Å². The molecule has 2 amide bonds. The third-order valence-electron chi connectivity index (χ3n) is 3.29. The lowest BCUT2D eigenvalue weighted by Crippen LogP contribution is -2.37. The zero-order valence-electron chi connectivity index (χ0n) is 13.1. The fraction of sp³-hybridized carbons (Fsp3) is 0.562. The van der Waals surface area contributed by atoms with E-state index in [4.69, 9.17) is 4.74 Å². The number of halogens is 1. The van der Waals surface area contributed by atoms with E-state index < -0.39 is 5.82 Å². The largest absolute Gasteiger partial charge is 0.494 e. The number of nitrogens with one attached hydrogen (secondary N) is 1. The van der Waals surface area contributed by atoms with Gasteiger partial charge in [0.25, 0.3) is 0 Å². The molecule has 0 saturated heterocycles. The Labute approximate surface area is 126 Å². The predicted molar refractivity (Wildman–Crippen MR) is 82.0 cm³/mol. The average Bonchev–Trinajstić information content (AvgIpc) is 2.47. The number of hydrogen-bond acceptors (Lipinski definition) is 2. The number of urea groups is 1. The maximum Gasteiger partial charge on any atom is 0.317 e. The highest BCUT2D eigenvalue weighted by Crippen LogP contribution is 2.18. The van der Waals surface area contributed by atoms with Crippen molar-refractivity contribution in [1.29, 1.82) is 0 Å². The molecule has 0 unspecified atom stereocenters. The van der Waals surface area contributed by atoms with Crippen LogP contribution in [0.4, 0.5) is 9.18 Å². The summed E-state index contributed by atoms with van der Waals surface area (Å²) in [4.78, 5) is 13.4. The molecule has 0 bridgehead atoms. The van der Waals surface area contributed by atoms with Crippen molar-refractivity contribution in [3.63, 3.8) is 0 Å². The van der Waals surface area contributed by atoms with Crippen molar-refractivity contribution in [3.8, 4) is 5.75 Å². The van der Waals surface area contributed by atoms with Gasteiger partial charge in [-0.15, -0.1) is 0 Å². The van der Waals surface area contributed by atoms with Crippen LogP contribution in [0.5, 0.6) is 5.75 Å². The maximum atomic E-state index is 13.6. The molecule has 1 aromatic carbocycles. The Morgan fingerprint density at radius 2 is 2.10 bits per heavy atom. The van der Waals surface area contributed by atoms with E-state index in [0.29, 0.717) is 13.1 Å². The van der Waals surface area contributed by atoms with E-state index in [2.05, 4.69) is 12.2 Å². The van der Waals surface area contributed by atoms with Crippen molar-refractivity contribution >= 4 is 6.03 Å². The number of nitrogens with zero attached hydrogens (tertiary/aromatic N) is 1. The van der Waals surface area contributed by atoms with Gasteiger partial charge in [-0.05, 0) is 24.1 Å². The van der Waals surface area contributed by atoms with E-state index in [0.717, 1.165) is 18.4 Å². The number of amides is 2. The summed E-state index contributed by atoms with van der Waals surface area (Å²) in [5.74, 6) is -0.204. The molecule has 0 aromatic heterocycles. The number of hydrogen-bond donors (Lipinski definition) is 1. The molecule has 0 aliphatic rings. The smallest absolute Gasteiger partial charge is 0.317 e. The lowest BCUT2D eigenvalue weighted by atomic mass is 10.2. The Hall–Kier alpha value is -1.78. The van der Waals surface area contributed by atoms with Crippen LogP contribution in [0.15, 0.2) is 18.2 Å². The van der Waals surface area contributed by atoms with Gasteiger partial charge in [-0.25, -0.2) is 9.18 Å². The van der Waals surface area contributed by atoms with Gasteiger partial charge in [0.05, 0.1) is 7.11 Å². The van der Waals surface area contributed by atoms with Crippen LogP contribution < -0.4 is 10.1 Å². The SMILES string of the molecule is CCCCCCNC(=O)N(C)Cc1ccc(OC)c(F)c1. The second-order valence-corrected chi connectivity index (χ2v) is 5.12. The summed E-state index contributed by atoms with van der Waals surface area (Å²) < 4.78 is 18.4. The summed E-state index contributed by atoms with van der Waals surface area (Å²) in [6, 6.07) is 4.58. The van der Waals surface area contributed by atoms with Crippen LogP contribution in [0.2, 0.25) is 0 Å². The lowest BCUT2D eigenvalue weighted by Gasteiger charge is -2.18. The topological polar surface area (TPSA) is 41.6 Å². The lowest BCUT2D eigenvalue weighted by molar-refractivity contribution is 0.206. The molecule has 1 aromatic rings. The van der Waals surface area contributed by atoms with Crippen molar-refractivity contribution in [2.24, 2.45) is 0 Å². The van der Waals surface area contributed by atoms with Crippen LogP contribution in [0, 0.1) is 5.82 Å². The highest BCUT2D eigenvalue weighted by Gasteiger charge is 2.10. The summed E-state index contributed by atoms with van der Waals surface area (Å²) >= 11 is 0. The van der Waals surface area contributed by atoms with Crippen LogP contribution >= 0.6 is 0 Å². The highest BCUT2D eigenvalue weighted by molar-refractivity contribution is 5.73. The van der Waals surface area contributed by atoms with Crippen molar-refractivity contribution in [2.45, 2.75) is 39.2 Å². The molecule has 0 fully saturated rings. The minimum Gasteiger partial charge on any atom is -0.494 e. The van der Waals surface area contributed by atoms with Crippen molar-refractivity contribution in [2.75, 3.05) is 20.7 Å². The van der Waals surface area contributed by atoms with Crippen molar-refractivity contribution < 1.29 is 13.9 Å². The molecule has 4 nitrogen and oxygen atoms in total. The number of benzene rings is 1. The van der Waals surface area contributed by atoms with Crippen LogP contribution in [0.1, 0.15) is 38.2 Å². The first-order valence-electron chi connectivity index (χ1n) is 7.39. The predicted octanol–water partition coefficient (Wildman–Crippen LogP) is 3.56. The standard InChI is InChI=1S/C16H25FN2O2/c1-4-5-6-7-10-18-16(20)19(2)12-13-8-9-15(21-3)14(17)11-13/h8-9,11H,4-7,10,12H2,1-3H3,(H,18,20). The van der Waals surface area contributed by atoms with Crippen molar-refractivity contribution in [1.82, 2.24) is 10.2 Å². The highest BCUT2D eigenvalue weighted by atomic mass is 19.1. The minimum atomic E-state index is -0.414. The van der Waals surface area contributed by atoms with E-state index >= 15 is 0 Å². The molecule has 1 rings (SSSR count). The van der Waals surface area contributed by atoms with E-state index in [9.17, 15) is 9.18 Å². The number of methoxy groups -OCH3 is 1. The van der Waals surface area contributed by atoms with E-state index in [-0.39, 0.29) is 11.8 Å². The quantitative estimate of drug-likeness (QED) is 0.745. The maximum absolute atomic E-state index is 13.6. The number of rotatable bonds is 8. The van der Waals surface area contributed by atoms with Crippen LogP contribution in [-0.4, -0.2) is 31.6 Å². The fourth-order valence-electron chi connectivity index (χ4n) is 2.04. The third kappa shape index (κ3) is 6.02. The molecule has 0 atom stereocenters. The van der Waals surface area contributed by atoms with E-state index in [1.807, 2.05) is 0 Å². The molecule has 0 radical (unpaired) electrons. The zero-order valence-corrected chi connectivity index (χ0v) is 13.1. The van der Waals surface area contributed by atoms with Gasteiger partial charge < -0.3 is 15.0 Å². The van der Waals surface area contributed by atoms with Crippen molar-refractivity contribution in [3.05, 3.63) is 29.6 Å². The van der Waals surface area contributed by atoms with E-state index in [1.54, 1.807) is 24.1 Å². The second-order valence-electron chi connectivity index (χ2n) is 5.12. The number of carbonyl (C=O) groups is 1. The van der Waals surface area contributed by atoms with Gasteiger partial charge in [0.2, 0.25) is 0 Å². The molecule has 21 heavy (non-hydrogen) atoms. The second kappa shape index (κ2) is 9.21. The van der Waals surface area contributed by atoms with Crippen LogP contribution in [-0.2, 0) is 6.54 Å². The van der Waals surface area contributed by atoms with Gasteiger partial charge in [-0.2, -0.15) is 0 Å². The Balaban J connectivity index is 2.39. The average molecular weight is 296 g/mol. The fourth-order valence-corrected chi connectivity index (χ4v) is 2.04. The first-order chi connectivity index (χ1) is 10.1. The first-order valence-corrected chi connectivity index (χ1v) is 7.39. The molecule has 5 heteroatoms. The molecule has 118 valence electrons. The summed E-state index contributed by atoms with van der Waals surface area (Å²) in [7, 11) is 3.12. The molecule has 0 heterocycles. The van der Waals surface area contributed by atoms with E-state index in [1.165, 1.54) is 26.0 Å². The monoisotopic (exact) mass is 296 g/mol. The Morgan fingerprint density at radius 1 is 1.33 bits per heavy atom. The van der Waals surface area contributed by atoms with Gasteiger partial charge in [-0.1, -0.05) is 32.3 Å². The normalized spacial score (nSPS) is 10.3. The number of carbonyl (C=O) groups excluding carboxylic acids is 1. The number of unbranched alkanes of at least 4 members (excludes halogenated alkanes) is 3. The van der Waals surface area contributed by atoms with Gasteiger partial charge in [0.1, 0.15) is 0 Å². The van der Waals surface area contributed by atoms with Gasteiger partial charge in [0, 0.05) is 20.1 Å². The molecular formula is C16H25FN2O2. The molecular weight excluding hydrogens is 271 g/mol. The zero-order chi connectivity index (χ0) is 15.7. The summed E-state index contributed by atoms with van der Waals surface area (Å²) in [5, 5.41) is 2.87.